The molecule has 0 aliphatic rings. The lowest BCUT2D eigenvalue weighted by molar-refractivity contribution is -0.124. The maximum atomic E-state index is 12.1. The fourth-order valence-corrected chi connectivity index (χ4v) is 1.89. The van der Waals surface area contributed by atoms with Crippen LogP contribution in [0.1, 0.15) is 44.5 Å². The van der Waals surface area contributed by atoms with Gasteiger partial charge in [0.2, 0.25) is 5.91 Å². The molecule has 0 saturated carbocycles. The summed E-state index contributed by atoms with van der Waals surface area (Å²) in [5.74, 6) is -0.638. The van der Waals surface area contributed by atoms with E-state index < -0.39 is 6.04 Å². The van der Waals surface area contributed by atoms with Crippen LogP contribution in [0.25, 0.3) is 0 Å². The number of amides is 2. The van der Waals surface area contributed by atoms with Gasteiger partial charge in [0, 0.05) is 12.6 Å². The van der Waals surface area contributed by atoms with E-state index in [2.05, 4.69) is 10.6 Å². The minimum absolute atomic E-state index is 0.00201. The number of carbonyl (C=O) groups is 2. The van der Waals surface area contributed by atoms with Gasteiger partial charge < -0.3 is 20.2 Å². The Kier molecular flexibility index (Phi) is 5.96. The van der Waals surface area contributed by atoms with E-state index in [0.717, 1.165) is 0 Å². The van der Waals surface area contributed by atoms with Crippen LogP contribution in [-0.2, 0) is 4.79 Å². The fourth-order valence-electron chi connectivity index (χ4n) is 1.89. The van der Waals surface area contributed by atoms with Crippen molar-refractivity contribution in [3.63, 3.8) is 0 Å². The minimum atomic E-state index is -0.670. The first kappa shape index (κ1) is 17.2. The molecule has 1 rings (SSSR count). The maximum Gasteiger partial charge on any atom is 0.255 e. The van der Waals surface area contributed by atoms with Gasteiger partial charge in [0.1, 0.15) is 12.3 Å². The summed E-state index contributed by atoms with van der Waals surface area (Å²) >= 11 is 0. The zero-order valence-electron chi connectivity index (χ0n) is 13.0. The normalized spacial score (nSPS) is 14.3. The van der Waals surface area contributed by atoms with Crippen LogP contribution in [0.2, 0.25) is 0 Å². The first-order valence-electron chi connectivity index (χ1n) is 7.00. The Balaban J connectivity index is 2.59. The number of aliphatic hydroxyl groups excluding tert-OH is 1. The van der Waals surface area contributed by atoms with Crippen LogP contribution in [0.5, 0.6) is 0 Å². The van der Waals surface area contributed by atoms with Gasteiger partial charge >= 0.3 is 0 Å². The molecular formula is C15H24N2O4. The molecule has 2 unspecified atom stereocenters. The zero-order chi connectivity index (χ0) is 16.0. The monoisotopic (exact) mass is 296 g/mol. The third-order valence-corrected chi connectivity index (χ3v) is 3.30. The quantitative estimate of drug-likeness (QED) is 0.738. The van der Waals surface area contributed by atoms with E-state index in [0.29, 0.717) is 12.0 Å². The van der Waals surface area contributed by atoms with Crippen molar-refractivity contribution in [1.82, 2.24) is 10.6 Å². The van der Waals surface area contributed by atoms with Gasteiger partial charge in [-0.2, -0.15) is 0 Å². The molecule has 6 nitrogen and oxygen atoms in total. The molecule has 2 atom stereocenters. The Bertz CT molecular complexity index is 463. The summed E-state index contributed by atoms with van der Waals surface area (Å²) in [6, 6.07) is 0.697. The van der Waals surface area contributed by atoms with Crippen molar-refractivity contribution in [1.29, 1.82) is 0 Å². The van der Waals surface area contributed by atoms with E-state index >= 15 is 0 Å². The van der Waals surface area contributed by atoms with Gasteiger partial charge in [-0.1, -0.05) is 20.8 Å². The SMILES string of the molecule is CC(NC(=O)c1ccoc1)C(=O)NC(CCO)C(C)(C)C. The molecule has 0 spiro atoms. The van der Waals surface area contributed by atoms with Crippen LogP contribution >= 0.6 is 0 Å². The number of nitrogens with one attached hydrogen (secondary N) is 2. The second-order valence-electron chi connectivity index (χ2n) is 6.15. The Morgan fingerprint density at radius 3 is 2.48 bits per heavy atom. The summed E-state index contributed by atoms with van der Waals surface area (Å²) < 4.78 is 4.83. The molecule has 0 fully saturated rings. The third-order valence-electron chi connectivity index (χ3n) is 3.30. The number of hydrogen-bond acceptors (Lipinski definition) is 4. The smallest absolute Gasteiger partial charge is 0.255 e. The topological polar surface area (TPSA) is 91.6 Å². The highest BCUT2D eigenvalue weighted by atomic mass is 16.3. The van der Waals surface area contributed by atoms with Crippen molar-refractivity contribution >= 4 is 11.8 Å². The van der Waals surface area contributed by atoms with Crippen molar-refractivity contribution < 1.29 is 19.1 Å². The van der Waals surface area contributed by atoms with Crippen LogP contribution in [0.3, 0.4) is 0 Å². The molecule has 0 bridgehead atoms. The van der Waals surface area contributed by atoms with Gasteiger partial charge in [-0.3, -0.25) is 9.59 Å². The maximum absolute atomic E-state index is 12.1. The summed E-state index contributed by atoms with van der Waals surface area (Å²) in [4.78, 5) is 24.0. The standard InChI is InChI=1S/C15H24N2O4/c1-10(16-14(20)11-6-8-21-9-11)13(19)17-12(5-7-18)15(2,3)4/h6,8-10,12,18H,5,7H2,1-4H3,(H,16,20)(H,17,19). The highest BCUT2D eigenvalue weighted by Gasteiger charge is 2.27. The average molecular weight is 296 g/mol. The predicted molar refractivity (Wildman–Crippen MR) is 78.7 cm³/mol. The molecule has 3 N–H and O–H groups in total. The lowest BCUT2D eigenvalue weighted by Crippen LogP contribution is -2.51. The van der Waals surface area contributed by atoms with Crippen molar-refractivity contribution in [3.8, 4) is 0 Å². The van der Waals surface area contributed by atoms with E-state index in [1.807, 2.05) is 20.8 Å². The Labute approximate surface area is 124 Å². The third kappa shape index (κ3) is 5.23. The number of rotatable bonds is 6. The molecule has 0 radical (unpaired) electrons. The van der Waals surface area contributed by atoms with E-state index in [4.69, 9.17) is 9.52 Å². The molecule has 21 heavy (non-hydrogen) atoms. The molecule has 1 aromatic rings. The Hall–Kier alpha value is -1.82. The van der Waals surface area contributed by atoms with Gasteiger partial charge in [0.05, 0.1) is 11.8 Å². The van der Waals surface area contributed by atoms with Crippen molar-refractivity contribution in [3.05, 3.63) is 24.2 Å². The highest BCUT2D eigenvalue weighted by Crippen LogP contribution is 2.21. The van der Waals surface area contributed by atoms with Crippen LogP contribution in [0, 0.1) is 5.41 Å². The van der Waals surface area contributed by atoms with Crippen LogP contribution in [0.15, 0.2) is 23.0 Å². The van der Waals surface area contributed by atoms with E-state index in [9.17, 15) is 9.59 Å². The molecule has 118 valence electrons. The number of hydrogen-bond donors (Lipinski definition) is 3. The number of furan rings is 1. The average Bonchev–Trinajstić information content (AvgIpc) is 2.90. The highest BCUT2D eigenvalue weighted by molar-refractivity contribution is 5.97. The first-order valence-corrected chi connectivity index (χ1v) is 7.00. The lowest BCUT2D eigenvalue weighted by atomic mass is 9.85. The second kappa shape index (κ2) is 7.26. The fraction of sp³-hybridized carbons (Fsp3) is 0.600. The number of carbonyl (C=O) groups excluding carboxylic acids is 2. The van der Waals surface area contributed by atoms with Gasteiger partial charge in [0.25, 0.3) is 5.91 Å². The zero-order valence-corrected chi connectivity index (χ0v) is 13.0. The minimum Gasteiger partial charge on any atom is -0.472 e. The lowest BCUT2D eigenvalue weighted by Gasteiger charge is -2.32. The summed E-state index contributed by atoms with van der Waals surface area (Å²) in [6.07, 6.45) is 3.19. The second-order valence-corrected chi connectivity index (χ2v) is 6.15. The van der Waals surface area contributed by atoms with Crippen LogP contribution in [0.4, 0.5) is 0 Å². The summed E-state index contributed by atoms with van der Waals surface area (Å²) in [5.41, 5.74) is 0.199. The van der Waals surface area contributed by atoms with Gasteiger partial charge in [0.15, 0.2) is 0 Å². The Morgan fingerprint density at radius 1 is 1.33 bits per heavy atom. The summed E-state index contributed by atoms with van der Waals surface area (Å²) in [5, 5.41) is 14.6. The molecule has 0 saturated heterocycles. The van der Waals surface area contributed by atoms with Crippen LogP contribution in [-0.4, -0.2) is 35.6 Å². The van der Waals surface area contributed by atoms with Crippen molar-refractivity contribution in [2.45, 2.75) is 46.2 Å². The molecule has 6 heteroatoms. The van der Waals surface area contributed by atoms with Crippen molar-refractivity contribution in [2.75, 3.05) is 6.61 Å². The van der Waals surface area contributed by atoms with Gasteiger partial charge in [-0.25, -0.2) is 0 Å². The van der Waals surface area contributed by atoms with Crippen LogP contribution < -0.4 is 10.6 Å². The predicted octanol–water partition coefficient (Wildman–Crippen LogP) is 1.31. The number of aliphatic hydroxyl groups is 1. The summed E-state index contributed by atoms with van der Waals surface area (Å²) in [7, 11) is 0. The first-order chi connectivity index (χ1) is 9.75. The van der Waals surface area contributed by atoms with Gasteiger partial charge in [-0.15, -0.1) is 0 Å². The molecular weight excluding hydrogens is 272 g/mol. The molecule has 1 heterocycles. The molecule has 1 aromatic heterocycles. The van der Waals surface area contributed by atoms with E-state index in [-0.39, 0.29) is 29.9 Å². The summed E-state index contributed by atoms with van der Waals surface area (Å²) in [6.45, 7) is 7.58. The molecule has 2 amide bonds. The Morgan fingerprint density at radius 2 is 2.00 bits per heavy atom. The van der Waals surface area contributed by atoms with Crippen molar-refractivity contribution in [2.24, 2.45) is 5.41 Å². The van der Waals surface area contributed by atoms with Gasteiger partial charge in [-0.05, 0) is 24.8 Å². The largest absolute Gasteiger partial charge is 0.472 e. The van der Waals surface area contributed by atoms with E-state index in [1.54, 1.807) is 6.92 Å². The van der Waals surface area contributed by atoms with E-state index in [1.165, 1.54) is 18.6 Å². The molecule has 0 aromatic carbocycles. The molecule has 0 aliphatic carbocycles. The molecule has 0 aliphatic heterocycles.